The summed E-state index contributed by atoms with van der Waals surface area (Å²) in [6.45, 7) is 3.99. The lowest BCUT2D eigenvalue weighted by atomic mass is 10.1. The van der Waals surface area contributed by atoms with E-state index in [0.29, 0.717) is 34.2 Å². The SMILES string of the molecule is Cc1nc2cc(N3CC(C(=O)Nc4ccc(Cl)cc4C)CC3=O)ccc2o1. The second-order valence-corrected chi connectivity index (χ2v) is 7.18. The van der Waals surface area contributed by atoms with Crippen LogP contribution < -0.4 is 10.2 Å². The van der Waals surface area contributed by atoms with E-state index in [4.69, 9.17) is 16.0 Å². The van der Waals surface area contributed by atoms with Gasteiger partial charge in [0.2, 0.25) is 11.8 Å². The molecular weight excluding hydrogens is 366 g/mol. The van der Waals surface area contributed by atoms with Gasteiger partial charge < -0.3 is 14.6 Å². The van der Waals surface area contributed by atoms with Crippen molar-refractivity contribution < 1.29 is 14.0 Å². The Bertz CT molecular complexity index is 1060. The molecule has 1 aromatic heterocycles. The van der Waals surface area contributed by atoms with Gasteiger partial charge in [0.1, 0.15) is 5.52 Å². The molecule has 2 aromatic carbocycles. The van der Waals surface area contributed by atoms with Crippen molar-refractivity contribution in [1.82, 2.24) is 4.98 Å². The molecule has 0 radical (unpaired) electrons. The first-order valence-corrected chi connectivity index (χ1v) is 9.03. The number of hydrogen-bond donors (Lipinski definition) is 1. The minimum atomic E-state index is -0.415. The van der Waals surface area contributed by atoms with E-state index in [1.165, 1.54) is 0 Å². The largest absolute Gasteiger partial charge is 0.441 e. The van der Waals surface area contributed by atoms with E-state index in [2.05, 4.69) is 10.3 Å². The molecule has 7 heteroatoms. The fraction of sp³-hybridized carbons (Fsp3) is 0.250. The van der Waals surface area contributed by atoms with Crippen molar-refractivity contribution in [3.8, 4) is 0 Å². The van der Waals surface area contributed by atoms with Crippen molar-refractivity contribution in [1.29, 1.82) is 0 Å². The molecule has 0 aliphatic carbocycles. The van der Waals surface area contributed by atoms with E-state index < -0.39 is 5.92 Å². The summed E-state index contributed by atoms with van der Waals surface area (Å²) in [5.41, 5.74) is 3.68. The third kappa shape index (κ3) is 3.40. The van der Waals surface area contributed by atoms with Gasteiger partial charge in [0.25, 0.3) is 0 Å². The van der Waals surface area contributed by atoms with Crippen molar-refractivity contribution >= 4 is 45.9 Å². The minimum absolute atomic E-state index is 0.0810. The average molecular weight is 384 g/mol. The average Bonchev–Trinajstić information content (AvgIpc) is 3.18. The maximum Gasteiger partial charge on any atom is 0.229 e. The number of oxazole rings is 1. The molecule has 1 aliphatic heterocycles. The van der Waals surface area contributed by atoms with Crippen molar-refractivity contribution in [2.75, 3.05) is 16.8 Å². The fourth-order valence-electron chi connectivity index (χ4n) is 3.33. The lowest BCUT2D eigenvalue weighted by Gasteiger charge is -2.17. The Morgan fingerprint density at radius 1 is 1.26 bits per heavy atom. The predicted octanol–water partition coefficient (Wildman–Crippen LogP) is 4.09. The Hall–Kier alpha value is -2.86. The first kappa shape index (κ1) is 17.5. The Kier molecular flexibility index (Phi) is 4.36. The van der Waals surface area contributed by atoms with E-state index in [9.17, 15) is 9.59 Å². The first-order chi connectivity index (χ1) is 12.9. The summed E-state index contributed by atoms with van der Waals surface area (Å²) in [5.74, 6) is -0.0926. The predicted molar refractivity (Wildman–Crippen MR) is 104 cm³/mol. The molecule has 6 nitrogen and oxygen atoms in total. The van der Waals surface area contributed by atoms with E-state index >= 15 is 0 Å². The summed E-state index contributed by atoms with van der Waals surface area (Å²) >= 11 is 5.95. The minimum Gasteiger partial charge on any atom is -0.441 e. The van der Waals surface area contributed by atoms with Gasteiger partial charge in [0.15, 0.2) is 11.5 Å². The number of hydrogen-bond acceptors (Lipinski definition) is 4. The van der Waals surface area contributed by atoms with Gasteiger partial charge in [-0.05, 0) is 48.9 Å². The highest BCUT2D eigenvalue weighted by molar-refractivity contribution is 6.30. The number of amides is 2. The second-order valence-electron chi connectivity index (χ2n) is 6.74. The van der Waals surface area contributed by atoms with E-state index in [0.717, 1.165) is 11.3 Å². The Morgan fingerprint density at radius 3 is 2.85 bits per heavy atom. The molecule has 2 heterocycles. The standard InChI is InChI=1S/C20H18ClN3O3/c1-11-7-14(21)3-5-16(11)23-20(26)13-8-19(25)24(10-13)15-4-6-18-17(9-15)22-12(2)27-18/h3-7,9,13H,8,10H2,1-2H3,(H,23,26). The number of benzene rings is 2. The van der Waals surface area contributed by atoms with Gasteiger partial charge in [-0.3, -0.25) is 9.59 Å². The van der Waals surface area contributed by atoms with Gasteiger partial charge in [-0.25, -0.2) is 4.98 Å². The van der Waals surface area contributed by atoms with Gasteiger partial charge in [-0.2, -0.15) is 0 Å². The third-order valence-corrected chi connectivity index (χ3v) is 4.97. The molecule has 1 unspecified atom stereocenters. The van der Waals surface area contributed by atoms with Crippen LogP contribution in [0, 0.1) is 19.8 Å². The summed E-state index contributed by atoms with van der Waals surface area (Å²) in [7, 11) is 0. The highest BCUT2D eigenvalue weighted by Crippen LogP contribution is 2.29. The summed E-state index contributed by atoms with van der Waals surface area (Å²) in [6.07, 6.45) is 0.175. The van der Waals surface area contributed by atoms with Crippen LogP contribution in [0.5, 0.6) is 0 Å². The lowest BCUT2D eigenvalue weighted by Crippen LogP contribution is -2.28. The molecule has 0 saturated carbocycles. The van der Waals surface area contributed by atoms with Crippen molar-refractivity contribution in [3.05, 3.63) is 52.9 Å². The molecular formula is C20H18ClN3O3. The zero-order valence-corrected chi connectivity index (χ0v) is 15.7. The van der Waals surface area contributed by atoms with Crippen molar-refractivity contribution in [3.63, 3.8) is 0 Å². The van der Waals surface area contributed by atoms with Crippen LogP contribution in [-0.2, 0) is 9.59 Å². The molecule has 1 saturated heterocycles. The number of carbonyl (C=O) groups excluding carboxylic acids is 2. The topological polar surface area (TPSA) is 75.4 Å². The number of anilines is 2. The van der Waals surface area contributed by atoms with Gasteiger partial charge in [-0.1, -0.05) is 11.6 Å². The number of aryl methyl sites for hydroxylation is 2. The lowest BCUT2D eigenvalue weighted by molar-refractivity contribution is -0.122. The van der Waals surface area contributed by atoms with Crippen LogP contribution in [-0.4, -0.2) is 23.3 Å². The molecule has 3 aromatic rings. The van der Waals surface area contributed by atoms with E-state index in [1.54, 1.807) is 36.1 Å². The first-order valence-electron chi connectivity index (χ1n) is 8.65. The highest BCUT2D eigenvalue weighted by atomic mass is 35.5. The van der Waals surface area contributed by atoms with Crippen LogP contribution >= 0.6 is 11.6 Å². The van der Waals surface area contributed by atoms with Crippen LogP contribution in [0.4, 0.5) is 11.4 Å². The molecule has 1 atom stereocenters. The molecule has 2 amide bonds. The number of fused-ring (bicyclic) bond motifs is 1. The fourth-order valence-corrected chi connectivity index (χ4v) is 3.56. The smallest absolute Gasteiger partial charge is 0.229 e. The maximum absolute atomic E-state index is 12.6. The molecule has 138 valence electrons. The quantitative estimate of drug-likeness (QED) is 0.739. The monoisotopic (exact) mass is 383 g/mol. The van der Waals surface area contributed by atoms with Crippen molar-refractivity contribution in [2.24, 2.45) is 5.92 Å². The van der Waals surface area contributed by atoms with E-state index in [1.807, 2.05) is 19.1 Å². The number of nitrogens with one attached hydrogen (secondary N) is 1. The van der Waals surface area contributed by atoms with Crippen molar-refractivity contribution in [2.45, 2.75) is 20.3 Å². The second kappa shape index (κ2) is 6.70. The van der Waals surface area contributed by atoms with Gasteiger partial charge >= 0.3 is 0 Å². The number of nitrogens with zero attached hydrogens (tertiary/aromatic N) is 2. The van der Waals surface area contributed by atoms with Gasteiger partial charge in [-0.15, -0.1) is 0 Å². The summed E-state index contributed by atoms with van der Waals surface area (Å²) in [4.78, 5) is 31.0. The van der Waals surface area contributed by atoms with Crippen LogP contribution in [0.25, 0.3) is 11.1 Å². The molecule has 1 fully saturated rings. The summed E-state index contributed by atoms with van der Waals surface area (Å²) in [5, 5.41) is 3.52. The molecule has 1 N–H and O–H groups in total. The van der Waals surface area contributed by atoms with Gasteiger partial charge in [0, 0.05) is 36.3 Å². The number of carbonyl (C=O) groups is 2. The number of aromatic nitrogens is 1. The van der Waals surface area contributed by atoms with Crippen LogP contribution in [0.1, 0.15) is 17.9 Å². The van der Waals surface area contributed by atoms with Crippen LogP contribution in [0.3, 0.4) is 0 Å². The Balaban J connectivity index is 1.51. The highest BCUT2D eigenvalue weighted by Gasteiger charge is 2.35. The molecule has 0 spiro atoms. The number of rotatable bonds is 3. The Labute approximate surface area is 161 Å². The van der Waals surface area contributed by atoms with Crippen LogP contribution in [0.2, 0.25) is 5.02 Å². The summed E-state index contributed by atoms with van der Waals surface area (Å²) < 4.78 is 5.47. The van der Waals surface area contributed by atoms with Gasteiger partial charge in [0.05, 0.1) is 5.92 Å². The zero-order chi connectivity index (χ0) is 19.1. The van der Waals surface area contributed by atoms with E-state index in [-0.39, 0.29) is 18.2 Å². The third-order valence-electron chi connectivity index (χ3n) is 4.73. The molecule has 1 aliphatic rings. The number of halogens is 1. The molecule has 27 heavy (non-hydrogen) atoms. The Morgan fingerprint density at radius 2 is 2.07 bits per heavy atom. The summed E-state index contributed by atoms with van der Waals surface area (Å²) in [6, 6.07) is 10.7. The van der Waals surface area contributed by atoms with Crippen LogP contribution in [0.15, 0.2) is 40.8 Å². The zero-order valence-electron chi connectivity index (χ0n) is 15.0. The maximum atomic E-state index is 12.6. The molecule has 4 rings (SSSR count). The normalized spacial score (nSPS) is 16.9. The molecule has 0 bridgehead atoms.